The number of carbonyl (C=O) groups excluding carboxylic acids is 2. The van der Waals surface area contributed by atoms with E-state index in [1.807, 2.05) is 0 Å². The first-order valence-corrected chi connectivity index (χ1v) is 6.68. The topological polar surface area (TPSA) is 98.2 Å². The largest absolute Gasteiger partial charge is 0.369 e. The summed E-state index contributed by atoms with van der Waals surface area (Å²) in [5.74, 6) is -0.581. The lowest BCUT2D eigenvalue weighted by Gasteiger charge is -2.25. The molecule has 0 aromatic carbocycles. The van der Waals surface area contributed by atoms with Crippen molar-refractivity contribution in [2.24, 2.45) is 22.8 Å². The quantitative estimate of drug-likeness (QED) is 0.639. The van der Waals surface area contributed by atoms with Gasteiger partial charge < -0.3 is 16.8 Å². The summed E-state index contributed by atoms with van der Waals surface area (Å²) in [5, 5.41) is 2.81. The monoisotopic (exact) mass is 255 g/mol. The van der Waals surface area contributed by atoms with Gasteiger partial charge in [0.05, 0.1) is 11.3 Å². The second kappa shape index (κ2) is 6.18. The second-order valence-electron chi connectivity index (χ2n) is 5.87. The highest BCUT2D eigenvalue weighted by molar-refractivity contribution is 5.83. The molecule has 0 saturated heterocycles. The molecule has 1 aliphatic rings. The molecule has 1 saturated carbocycles. The minimum atomic E-state index is -0.718. The molecule has 1 fully saturated rings. The molecular weight excluding hydrogens is 230 g/mol. The highest BCUT2D eigenvalue weighted by atomic mass is 16.2. The fourth-order valence-electron chi connectivity index (χ4n) is 2.19. The van der Waals surface area contributed by atoms with E-state index >= 15 is 0 Å². The summed E-state index contributed by atoms with van der Waals surface area (Å²) in [6.07, 6.45) is 5.02. The van der Waals surface area contributed by atoms with Gasteiger partial charge in [-0.05, 0) is 26.7 Å². The van der Waals surface area contributed by atoms with Gasteiger partial charge in [0.2, 0.25) is 11.8 Å². The Hall–Kier alpha value is -1.10. The number of primary amides is 1. The third-order valence-corrected chi connectivity index (χ3v) is 3.78. The van der Waals surface area contributed by atoms with Gasteiger partial charge >= 0.3 is 0 Å². The van der Waals surface area contributed by atoms with E-state index in [4.69, 9.17) is 11.5 Å². The van der Waals surface area contributed by atoms with Crippen molar-refractivity contribution < 1.29 is 9.59 Å². The molecule has 2 unspecified atom stereocenters. The van der Waals surface area contributed by atoms with E-state index in [-0.39, 0.29) is 24.4 Å². The summed E-state index contributed by atoms with van der Waals surface area (Å²) in [4.78, 5) is 23.3. The van der Waals surface area contributed by atoms with Crippen LogP contribution in [0.5, 0.6) is 0 Å². The van der Waals surface area contributed by atoms with E-state index in [9.17, 15) is 9.59 Å². The first-order chi connectivity index (χ1) is 8.34. The van der Waals surface area contributed by atoms with Crippen LogP contribution in [-0.2, 0) is 9.59 Å². The first-order valence-electron chi connectivity index (χ1n) is 6.68. The highest BCUT2D eigenvalue weighted by Crippen LogP contribution is 2.22. The Morgan fingerprint density at radius 1 is 1.22 bits per heavy atom. The molecule has 0 radical (unpaired) electrons. The van der Waals surface area contributed by atoms with Crippen molar-refractivity contribution in [3.63, 3.8) is 0 Å². The maximum absolute atomic E-state index is 12.1. The molecule has 5 nitrogen and oxygen atoms in total. The maximum atomic E-state index is 12.1. The molecule has 0 aromatic rings. The summed E-state index contributed by atoms with van der Waals surface area (Å²) in [7, 11) is 0. The molecule has 0 spiro atoms. The molecule has 5 N–H and O–H groups in total. The Labute approximate surface area is 109 Å². The van der Waals surface area contributed by atoms with Crippen molar-refractivity contribution in [2.45, 2.75) is 52.0 Å². The zero-order chi connectivity index (χ0) is 13.8. The van der Waals surface area contributed by atoms with Crippen molar-refractivity contribution in [3.8, 4) is 0 Å². The number of amides is 2. The number of hydrogen-bond donors (Lipinski definition) is 3. The Kier molecular flexibility index (Phi) is 5.14. The summed E-state index contributed by atoms with van der Waals surface area (Å²) < 4.78 is 0. The van der Waals surface area contributed by atoms with Gasteiger partial charge in [-0.2, -0.15) is 0 Å². The number of rotatable bonds is 4. The molecule has 2 amide bonds. The summed E-state index contributed by atoms with van der Waals surface area (Å²) in [5.41, 5.74) is 10.6. The van der Waals surface area contributed by atoms with Gasteiger partial charge in [-0.25, -0.2) is 0 Å². The molecule has 1 rings (SSSR count). The minimum Gasteiger partial charge on any atom is -0.369 e. The molecular formula is C13H25N3O2. The molecule has 2 atom stereocenters. The lowest BCUT2D eigenvalue weighted by atomic mass is 9.91. The predicted molar refractivity (Wildman–Crippen MR) is 70.5 cm³/mol. The number of hydrogen-bond acceptors (Lipinski definition) is 3. The lowest BCUT2D eigenvalue weighted by Crippen LogP contribution is -2.47. The van der Waals surface area contributed by atoms with E-state index < -0.39 is 11.3 Å². The smallest absolute Gasteiger partial charge is 0.224 e. The van der Waals surface area contributed by atoms with Crippen LogP contribution in [0.4, 0.5) is 0 Å². The lowest BCUT2D eigenvalue weighted by molar-refractivity contribution is -0.128. The van der Waals surface area contributed by atoms with Gasteiger partial charge in [0.15, 0.2) is 0 Å². The number of nitrogens with two attached hydrogens (primary N) is 2. The average Bonchev–Trinajstić information content (AvgIpc) is 2.50. The van der Waals surface area contributed by atoms with Gasteiger partial charge in [-0.1, -0.05) is 19.3 Å². The third kappa shape index (κ3) is 3.98. The molecule has 0 aliphatic heterocycles. The fourth-order valence-corrected chi connectivity index (χ4v) is 2.19. The van der Waals surface area contributed by atoms with E-state index in [0.717, 1.165) is 32.1 Å². The van der Waals surface area contributed by atoms with E-state index in [1.54, 1.807) is 13.8 Å². The predicted octanol–water partition coefficient (Wildman–Crippen LogP) is 0.522. The average molecular weight is 255 g/mol. The summed E-state index contributed by atoms with van der Waals surface area (Å²) >= 11 is 0. The van der Waals surface area contributed by atoms with Crippen LogP contribution in [0.25, 0.3) is 0 Å². The second-order valence-corrected chi connectivity index (χ2v) is 5.87. The van der Waals surface area contributed by atoms with Crippen LogP contribution >= 0.6 is 0 Å². The van der Waals surface area contributed by atoms with Crippen molar-refractivity contribution in [1.82, 2.24) is 5.32 Å². The maximum Gasteiger partial charge on any atom is 0.224 e. The molecule has 5 heteroatoms. The van der Waals surface area contributed by atoms with Gasteiger partial charge in [0.25, 0.3) is 0 Å². The zero-order valence-electron chi connectivity index (χ0n) is 11.4. The Morgan fingerprint density at radius 2 is 1.83 bits per heavy atom. The van der Waals surface area contributed by atoms with E-state index in [0.29, 0.717) is 0 Å². The fraction of sp³-hybridized carbons (Fsp3) is 0.846. The van der Waals surface area contributed by atoms with Crippen LogP contribution in [-0.4, -0.2) is 24.4 Å². The van der Waals surface area contributed by atoms with Crippen LogP contribution in [0.2, 0.25) is 0 Å². The third-order valence-electron chi connectivity index (χ3n) is 3.78. The first kappa shape index (κ1) is 15.0. The normalized spacial score (nSPS) is 25.3. The van der Waals surface area contributed by atoms with E-state index in [1.165, 1.54) is 0 Å². The van der Waals surface area contributed by atoms with Gasteiger partial charge in [-0.3, -0.25) is 9.59 Å². The number of nitrogens with one attached hydrogen (secondary N) is 1. The van der Waals surface area contributed by atoms with Gasteiger partial charge in [-0.15, -0.1) is 0 Å². The Bertz CT molecular complexity index is 315. The standard InChI is InChI=1S/C13H25N3O2/c1-13(2,12(15)18)8-16-11(17)9-6-4-3-5-7-10(9)14/h9-10H,3-8,14H2,1-2H3,(H2,15,18)(H,16,17). The molecule has 104 valence electrons. The molecule has 18 heavy (non-hydrogen) atoms. The molecule has 0 heterocycles. The van der Waals surface area contributed by atoms with Crippen LogP contribution in [0, 0.1) is 11.3 Å². The van der Waals surface area contributed by atoms with Crippen LogP contribution in [0.1, 0.15) is 46.0 Å². The number of carbonyl (C=O) groups is 2. The van der Waals surface area contributed by atoms with Crippen molar-refractivity contribution in [1.29, 1.82) is 0 Å². The van der Waals surface area contributed by atoms with Crippen molar-refractivity contribution >= 4 is 11.8 Å². The Morgan fingerprint density at radius 3 is 2.44 bits per heavy atom. The Balaban J connectivity index is 2.51. The van der Waals surface area contributed by atoms with Crippen molar-refractivity contribution in [3.05, 3.63) is 0 Å². The summed E-state index contributed by atoms with van der Waals surface area (Å²) in [6.45, 7) is 3.72. The molecule has 1 aliphatic carbocycles. The minimum absolute atomic E-state index is 0.0428. The summed E-state index contributed by atoms with van der Waals surface area (Å²) in [6, 6.07) is -0.0656. The van der Waals surface area contributed by atoms with Gasteiger partial charge in [0.1, 0.15) is 0 Å². The van der Waals surface area contributed by atoms with E-state index in [2.05, 4.69) is 5.32 Å². The van der Waals surface area contributed by atoms with Crippen LogP contribution in [0.3, 0.4) is 0 Å². The van der Waals surface area contributed by atoms with Gasteiger partial charge in [0, 0.05) is 12.6 Å². The van der Waals surface area contributed by atoms with Crippen LogP contribution in [0.15, 0.2) is 0 Å². The SMILES string of the molecule is CC(C)(CNC(=O)C1CCCCCC1N)C(N)=O. The highest BCUT2D eigenvalue weighted by Gasteiger charge is 2.30. The van der Waals surface area contributed by atoms with Crippen LogP contribution < -0.4 is 16.8 Å². The molecule has 0 bridgehead atoms. The molecule has 0 aromatic heterocycles. The van der Waals surface area contributed by atoms with Crippen molar-refractivity contribution in [2.75, 3.05) is 6.54 Å². The zero-order valence-corrected chi connectivity index (χ0v) is 11.4.